The predicted octanol–water partition coefficient (Wildman–Crippen LogP) is 1.42. The molecule has 4 heterocycles. The number of pyridine rings is 1. The maximum absolute atomic E-state index is 12.9. The van der Waals surface area contributed by atoms with Crippen LogP contribution < -0.4 is 10.1 Å². The van der Waals surface area contributed by atoms with E-state index in [1.54, 1.807) is 7.11 Å². The average molecular weight is 415 g/mol. The summed E-state index contributed by atoms with van der Waals surface area (Å²) >= 11 is 0. The van der Waals surface area contributed by atoms with Crippen molar-refractivity contribution in [3.63, 3.8) is 0 Å². The van der Waals surface area contributed by atoms with Gasteiger partial charge in [-0.2, -0.15) is 5.10 Å². The first kappa shape index (κ1) is 20.7. The van der Waals surface area contributed by atoms with Crippen molar-refractivity contribution >= 4 is 5.91 Å². The molecule has 2 fully saturated rings. The molecule has 9 nitrogen and oxygen atoms in total. The minimum absolute atomic E-state index is 0.0173. The molecule has 0 bridgehead atoms. The van der Waals surface area contributed by atoms with E-state index in [4.69, 9.17) is 9.47 Å². The van der Waals surface area contributed by atoms with Crippen LogP contribution in [0.5, 0.6) is 5.88 Å². The molecule has 9 heteroatoms. The van der Waals surface area contributed by atoms with Gasteiger partial charge in [-0.25, -0.2) is 9.97 Å². The van der Waals surface area contributed by atoms with Crippen molar-refractivity contribution in [2.45, 2.75) is 44.7 Å². The number of aryl methyl sites for hydroxylation is 1. The molecule has 0 saturated carbocycles. The summed E-state index contributed by atoms with van der Waals surface area (Å²) in [5, 5.41) is 10.6. The third kappa shape index (κ3) is 4.96. The molecule has 2 aromatic heterocycles. The van der Waals surface area contributed by atoms with Crippen molar-refractivity contribution in [1.29, 1.82) is 0 Å². The minimum atomic E-state index is -0.0464. The highest BCUT2D eigenvalue weighted by Crippen LogP contribution is 2.28. The van der Waals surface area contributed by atoms with Crippen LogP contribution in [-0.4, -0.2) is 70.4 Å². The normalized spacial score (nSPS) is 23.3. The zero-order valence-corrected chi connectivity index (χ0v) is 17.6. The van der Waals surface area contributed by atoms with Gasteiger partial charge in [0.05, 0.1) is 18.8 Å². The molecule has 0 radical (unpaired) electrons. The second kappa shape index (κ2) is 9.53. The predicted molar refractivity (Wildman–Crippen MR) is 110 cm³/mol. The molecular formula is C21H30N6O3. The number of carbonyl (C=O) groups is 1. The van der Waals surface area contributed by atoms with E-state index >= 15 is 0 Å². The van der Waals surface area contributed by atoms with Crippen LogP contribution in [0.15, 0.2) is 18.2 Å². The van der Waals surface area contributed by atoms with E-state index in [1.807, 2.05) is 25.1 Å². The molecule has 2 atom stereocenters. The number of piperidine rings is 1. The highest BCUT2D eigenvalue weighted by Gasteiger charge is 2.35. The summed E-state index contributed by atoms with van der Waals surface area (Å²) in [6, 6.07) is 5.76. The Morgan fingerprint density at radius 3 is 2.87 bits per heavy atom. The van der Waals surface area contributed by atoms with Gasteiger partial charge in [0.15, 0.2) is 5.82 Å². The number of nitrogens with zero attached hydrogens (tertiary/aromatic N) is 4. The Balaban J connectivity index is 1.47. The Labute approximate surface area is 176 Å². The van der Waals surface area contributed by atoms with Crippen LogP contribution in [-0.2, 0) is 16.1 Å². The van der Waals surface area contributed by atoms with E-state index in [1.165, 1.54) is 0 Å². The Kier molecular flexibility index (Phi) is 6.59. The molecule has 0 aromatic carbocycles. The van der Waals surface area contributed by atoms with Gasteiger partial charge in [-0.3, -0.25) is 14.8 Å². The van der Waals surface area contributed by atoms with Crippen molar-refractivity contribution in [2.24, 2.45) is 5.92 Å². The van der Waals surface area contributed by atoms with Crippen molar-refractivity contribution in [3.8, 4) is 5.88 Å². The number of aromatic nitrogens is 4. The van der Waals surface area contributed by atoms with Crippen molar-refractivity contribution in [3.05, 3.63) is 35.5 Å². The fourth-order valence-electron chi connectivity index (χ4n) is 4.29. The first-order chi connectivity index (χ1) is 14.6. The standard InChI is InChI=1S/C21H30N6O3/c1-14-22-20(26-25-14)17-6-9-27(12-16-4-3-5-19(23-16)29-2)13-18(17)24-21(28)15-7-10-30-11-8-15/h3-5,15,17-18H,6-13H2,1-2H3,(H,24,28)(H,22,25,26)/t17-,18+/m0/s1. The van der Waals surface area contributed by atoms with Gasteiger partial charge in [0.2, 0.25) is 11.8 Å². The SMILES string of the molecule is COc1cccc(CN2CC[C@H](c3n[nH]c(C)n3)[C@H](NC(=O)C3CCOCC3)C2)n1. The quantitative estimate of drug-likeness (QED) is 0.736. The number of H-pyrrole nitrogens is 1. The molecule has 30 heavy (non-hydrogen) atoms. The second-order valence-corrected chi connectivity index (χ2v) is 8.08. The van der Waals surface area contributed by atoms with Gasteiger partial charge in [-0.15, -0.1) is 0 Å². The lowest BCUT2D eigenvalue weighted by Gasteiger charge is -2.38. The van der Waals surface area contributed by atoms with E-state index < -0.39 is 0 Å². The van der Waals surface area contributed by atoms with Gasteiger partial charge in [0, 0.05) is 44.2 Å². The van der Waals surface area contributed by atoms with Crippen LogP contribution in [0.4, 0.5) is 0 Å². The Hall–Kier alpha value is -2.52. The molecule has 162 valence electrons. The molecule has 2 aliphatic heterocycles. The van der Waals surface area contributed by atoms with Crippen LogP contribution in [0.1, 0.15) is 42.5 Å². The molecule has 2 aromatic rings. The smallest absolute Gasteiger partial charge is 0.223 e. The lowest BCUT2D eigenvalue weighted by atomic mass is 9.89. The molecule has 4 rings (SSSR count). The Bertz CT molecular complexity index is 851. The summed E-state index contributed by atoms with van der Waals surface area (Å²) in [4.78, 5) is 24.3. The fourth-order valence-corrected chi connectivity index (χ4v) is 4.29. The number of amides is 1. The van der Waals surface area contributed by atoms with Gasteiger partial charge in [0.25, 0.3) is 0 Å². The molecule has 2 aliphatic rings. The minimum Gasteiger partial charge on any atom is -0.481 e. The van der Waals surface area contributed by atoms with Crippen molar-refractivity contribution in [2.75, 3.05) is 33.4 Å². The first-order valence-electron chi connectivity index (χ1n) is 10.6. The third-order valence-corrected chi connectivity index (χ3v) is 5.94. The van der Waals surface area contributed by atoms with E-state index in [-0.39, 0.29) is 23.8 Å². The van der Waals surface area contributed by atoms with Gasteiger partial charge in [-0.05, 0) is 38.8 Å². The van der Waals surface area contributed by atoms with Gasteiger partial charge < -0.3 is 14.8 Å². The van der Waals surface area contributed by atoms with Crippen LogP contribution >= 0.6 is 0 Å². The van der Waals surface area contributed by atoms with E-state index in [0.717, 1.165) is 49.7 Å². The maximum Gasteiger partial charge on any atom is 0.223 e. The molecule has 1 amide bonds. The first-order valence-corrected chi connectivity index (χ1v) is 10.6. The second-order valence-electron chi connectivity index (χ2n) is 8.08. The van der Waals surface area contributed by atoms with Crippen LogP contribution in [0.3, 0.4) is 0 Å². The number of nitrogens with one attached hydrogen (secondary N) is 2. The molecule has 0 spiro atoms. The van der Waals surface area contributed by atoms with Crippen LogP contribution in [0.25, 0.3) is 0 Å². The summed E-state index contributed by atoms with van der Waals surface area (Å²) in [5.41, 5.74) is 0.955. The fraction of sp³-hybridized carbons (Fsp3) is 0.619. The zero-order valence-electron chi connectivity index (χ0n) is 17.6. The number of hydrogen-bond donors (Lipinski definition) is 2. The number of rotatable bonds is 6. The van der Waals surface area contributed by atoms with Gasteiger partial charge in [0.1, 0.15) is 5.82 Å². The average Bonchev–Trinajstić information content (AvgIpc) is 3.20. The molecule has 2 saturated heterocycles. The Morgan fingerprint density at radius 2 is 2.13 bits per heavy atom. The molecular weight excluding hydrogens is 384 g/mol. The topological polar surface area (TPSA) is 105 Å². The number of methoxy groups -OCH3 is 1. The summed E-state index contributed by atoms with van der Waals surface area (Å²) in [5.74, 6) is 2.41. The van der Waals surface area contributed by atoms with Gasteiger partial charge >= 0.3 is 0 Å². The Morgan fingerprint density at radius 1 is 1.30 bits per heavy atom. The van der Waals surface area contributed by atoms with Crippen LogP contribution in [0.2, 0.25) is 0 Å². The largest absolute Gasteiger partial charge is 0.481 e. The van der Waals surface area contributed by atoms with E-state index in [0.29, 0.717) is 25.6 Å². The highest BCUT2D eigenvalue weighted by atomic mass is 16.5. The summed E-state index contributed by atoms with van der Waals surface area (Å²) < 4.78 is 10.7. The summed E-state index contributed by atoms with van der Waals surface area (Å²) in [6.07, 6.45) is 2.43. The van der Waals surface area contributed by atoms with E-state index in [2.05, 4.69) is 30.4 Å². The zero-order chi connectivity index (χ0) is 20.9. The summed E-state index contributed by atoms with van der Waals surface area (Å²) in [6.45, 7) is 5.53. The number of likely N-dealkylation sites (tertiary alicyclic amines) is 1. The third-order valence-electron chi connectivity index (χ3n) is 5.94. The number of hydrogen-bond acceptors (Lipinski definition) is 7. The van der Waals surface area contributed by atoms with Gasteiger partial charge in [-0.1, -0.05) is 6.07 Å². The van der Waals surface area contributed by atoms with Crippen molar-refractivity contribution in [1.82, 2.24) is 30.4 Å². The number of aromatic amines is 1. The molecule has 2 N–H and O–H groups in total. The maximum atomic E-state index is 12.9. The number of ether oxygens (including phenoxy) is 2. The monoisotopic (exact) mass is 414 g/mol. The molecule has 0 unspecified atom stereocenters. The number of carbonyl (C=O) groups excluding carboxylic acids is 1. The van der Waals surface area contributed by atoms with E-state index in [9.17, 15) is 4.79 Å². The van der Waals surface area contributed by atoms with Crippen molar-refractivity contribution < 1.29 is 14.3 Å². The lowest BCUT2D eigenvalue weighted by Crippen LogP contribution is -2.53. The highest BCUT2D eigenvalue weighted by molar-refractivity contribution is 5.79. The summed E-state index contributed by atoms with van der Waals surface area (Å²) in [7, 11) is 1.62. The molecule has 0 aliphatic carbocycles. The lowest BCUT2D eigenvalue weighted by molar-refractivity contribution is -0.129. The van der Waals surface area contributed by atoms with Crippen LogP contribution in [0, 0.1) is 12.8 Å².